The van der Waals surface area contributed by atoms with E-state index in [0.29, 0.717) is 39.0 Å². The van der Waals surface area contributed by atoms with Crippen LogP contribution in [0.1, 0.15) is 38.2 Å². The summed E-state index contributed by atoms with van der Waals surface area (Å²) >= 11 is 0. The van der Waals surface area contributed by atoms with Gasteiger partial charge in [-0.1, -0.05) is 18.2 Å². The maximum Gasteiger partial charge on any atom is 0.227 e. The lowest BCUT2D eigenvalue weighted by molar-refractivity contribution is -0.132. The van der Waals surface area contributed by atoms with Gasteiger partial charge in [-0.3, -0.25) is 19.3 Å². The highest BCUT2D eigenvalue weighted by molar-refractivity contribution is 5.93. The van der Waals surface area contributed by atoms with Crippen LogP contribution in [0.3, 0.4) is 0 Å². The number of likely N-dealkylation sites (tertiary alicyclic amines) is 2. The number of piperidine rings is 2. The topological polar surface area (TPSA) is 95.7 Å². The number of benzene rings is 1. The van der Waals surface area contributed by atoms with Gasteiger partial charge in [0.1, 0.15) is 0 Å². The van der Waals surface area contributed by atoms with E-state index in [2.05, 4.69) is 10.2 Å². The van der Waals surface area contributed by atoms with Gasteiger partial charge in [-0.2, -0.15) is 0 Å². The zero-order chi connectivity index (χ0) is 20.1. The minimum absolute atomic E-state index is 0.0179. The molecular formula is C21H30N4O3. The van der Waals surface area contributed by atoms with Crippen LogP contribution in [-0.2, 0) is 20.9 Å². The molecule has 7 heteroatoms. The van der Waals surface area contributed by atoms with Crippen LogP contribution in [0.5, 0.6) is 0 Å². The van der Waals surface area contributed by atoms with Crippen molar-refractivity contribution in [3.63, 3.8) is 0 Å². The lowest BCUT2D eigenvalue weighted by Crippen LogP contribution is -2.41. The largest absolute Gasteiger partial charge is 0.369 e. The van der Waals surface area contributed by atoms with Crippen LogP contribution in [0.15, 0.2) is 24.3 Å². The van der Waals surface area contributed by atoms with Crippen molar-refractivity contribution in [3.8, 4) is 0 Å². The minimum atomic E-state index is -0.233. The van der Waals surface area contributed by atoms with E-state index in [-0.39, 0.29) is 29.6 Å². The SMILES string of the molecule is CC(=O)N1CCC(C(=O)Nc2ccccc2CN2CCCC(C(N)=O)C2)CC1. The number of amides is 3. The second-order valence-corrected chi connectivity index (χ2v) is 7.90. The fourth-order valence-corrected chi connectivity index (χ4v) is 4.14. The molecule has 2 aliphatic heterocycles. The van der Waals surface area contributed by atoms with Crippen LogP contribution in [0.4, 0.5) is 5.69 Å². The second kappa shape index (κ2) is 9.19. The Kier molecular flexibility index (Phi) is 6.67. The Labute approximate surface area is 166 Å². The molecule has 3 rings (SSSR count). The van der Waals surface area contributed by atoms with E-state index in [9.17, 15) is 14.4 Å². The molecule has 2 saturated heterocycles. The van der Waals surface area contributed by atoms with Crippen molar-refractivity contribution in [2.24, 2.45) is 17.6 Å². The number of primary amides is 1. The molecule has 2 heterocycles. The van der Waals surface area contributed by atoms with Crippen molar-refractivity contribution in [3.05, 3.63) is 29.8 Å². The number of hydrogen-bond acceptors (Lipinski definition) is 4. The third-order valence-electron chi connectivity index (χ3n) is 5.89. The van der Waals surface area contributed by atoms with Gasteiger partial charge in [0.15, 0.2) is 0 Å². The third kappa shape index (κ3) is 5.10. The summed E-state index contributed by atoms with van der Waals surface area (Å²) in [6.45, 7) is 5.12. The Morgan fingerprint density at radius 2 is 1.79 bits per heavy atom. The molecule has 3 amide bonds. The van der Waals surface area contributed by atoms with Gasteiger partial charge in [-0.05, 0) is 43.9 Å². The average molecular weight is 386 g/mol. The smallest absolute Gasteiger partial charge is 0.227 e. The molecule has 7 nitrogen and oxygen atoms in total. The molecule has 0 bridgehead atoms. The van der Waals surface area contributed by atoms with Crippen LogP contribution in [0, 0.1) is 11.8 Å². The van der Waals surface area contributed by atoms with E-state index < -0.39 is 0 Å². The lowest BCUT2D eigenvalue weighted by Gasteiger charge is -2.32. The number of nitrogens with zero attached hydrogens (tertiary/aromatic N) is 2. The van der Waals surface area contributed by atoms with Gasteiger partial charge in [0.2, 0.25) is 17.7 Å². The summed E-state index contributed by atoms with van der Waals surface area (Å²) in [7, 11) is 0. The Balaban J connectivity index is 1.60. The zero-order valence-corrected chi connectivity index (χ0v) is 16.5. The van der Waals surface area contributed by atoms with Crippen LogP contribution >= 0.6 is 0 Å². The fraction of sp³-hybridized carbons (Fsp3) is 0.571. The van der Waals surface area contributed by atoms with Crippen molar-refractivity contribution in [1.82, 2.24) is 9.80 Å². The first-order valence-corrected chi connectivity index (χ1v) is 10.1. The highest BCUT2D eigenvalue weighted by Crippen LogP contribution is 2.24. The summed E-state index contributed by atoms with van der Waals surface area (Å²) in [6, 6.07) is 7.82. The molecule has 0 radical (unpaired) electrons. The van der Waals surface area contributed by atoms with Gasteiger partial charge < -0.3 is 16.0 Å². The van der Waals surface area contributed by atoms with Gasteiger partial charge in [0.25, 0.3) is 0 Å². The number of rotatable bonds is 5. The predicted octanol–water partition coefficient (Wildman–Crippen LogP) is 1.58. The quantitative estimate of drug-likeness (QED) is 0.803. The van der Waals surface area contributed by atoms with Crippen LogP contribution in [0.25, 0.3) is 0 Å². The molecule has 1 aromatic carbocycles. The Bertz CT molecular complexity index is 728. The maximum atomic E-state index is 12.7. The normalized spacial score (nSPS) is 21.3. The summed E-state index contributed by atoms with van der Waals surface area (Å²) in [4.78, 5) is 39.7. The average Bonchev–Trinajstić information content (AvgIpc) is 2.69. The van der Waals surface area contributed by atoms with E-state index >= 15 is 0 Å². The van der Waals surface area contributed by atoms with Crippen molar-refractivity contribution in [1.29, 1.82) is 0 Å². The molecule has 1 aromatic rings. The number of carbonyl (C=O) groups excluding carboxylic acids is 3. The van der Waals surface area contributed by atoms with Crippen LogP contribution in [-0.4, -0.2) is 53.7 Å². The van der Waals surface area contributed by atoms with E-state index in [1.165, 1.54) is 0 Å². The molecule has 0 spiro atoms. The number of para-hydroxylation sites is 1. The molecule has 0 aliphatic carbocycles. The Morgan fingerprint density at radius 1 is 1.07 bits per heavy atom. The fourth-order valence-electron chi connectivity index (χ4n) is 4.14. The van der Waals surface area contributed by atoms with E-state index in [1.807, 2.05) is 24.3 Å². The van der Waals surface area contributed by atoms with E-state index in [4.69, 9.17) is 5.73 Å². The van der Waals surface area contributed by atoms with Crippen LogP contribution in [0.2, 0.25) is 0 Å². The number of nitrogens with two attached hydrogens (primary N) is 1. The number of anilines is 1. The molecule has 28 heavy (non-hydrogen) atoms. The van der Waals surface area contributed by atoms with Gasteiger partial charge in [0, 0.05) is 44.7 Å². The van der Waals surface area contributed by atoms with Crippen molar-refractivity contribution < 1.29 is 14.4 Å². The summed E-state index contributed by atoms with van der Waals surface area (Å²) in [6.07, 6.45) is 3.19. The first-order valence-electron chi connectivity index (χ1n) is 10.1. The van der Waals surface area contributed by atoms with Gasteiger partial charge in [-0.25, -0.2) is 0 Å². The summed E-state index contributed by atoms with van der Waals surface area (Å²) in [5.41, 5.74) is 7.35. The first kappa shape index (κ1) is 20.3. The monoisotopic (exact) mass is 386 g/mol. The van der Waals surface area contributed by atoms with Crippen LogP contribution < -0.4 is 11.1 Å². The molecule has 2 aliphatic rings. The number of nitrogens with one attached hydrogen (secondary N) is 1. The Hall–Kier alpha value is -2.41. The highest BCUT2D eigenvalue weighted by Gasteiger charge is 2.27. The molecule has 0 saturated carbocycles. The third-order valence-corrected chi connectivity index (χ3v) is 5.89. The van der Waals surface area contributed by atoms with Gasteiger partial charge in [-0.15, -0.1) is 0 Å². The predicted molar refractivity (Wildman–Crippen MR) is 107 cm³/mol. The number of hydrogen-bond donors (Lipinski definition) is 2. The minimum Gasteiger partial charge on any atom is -0.369 e. The Morgan fingerprint density at radius 3 is 2.46 bits per heavy atom. The van der Waals surface area contributed by atoms with Crippen molar-refractivity contribution in [2.75, 3.05) is 31.5 Å². The zero-order valence-electron chi connectivity index (χ0n) is 16.5. The van der Waals surface area contributed by atoms with Gasteiger partial charge >= 0.3 is 0 Å². The molecule has 152 valence electrons. The molecule has 2 fully saturated rings. The molecular weight excluding hydrogens is 356 g/mol. The highest BCUT2D eigenvalue weighted by atomic mass is 16.2. The lowest BCUT2D eigenvalue weighted by atomic mass is 9.95. The standard InChI is InChI=1S/C21H30N4O3/c1-15(26)25-11-8-16(9-12-25)21(28)23-19-7-3-2-5-17(19)13-24-10-4-6-18(14-24)20(22)27/h2-3,5,7,16,18H,4,6,8-14H2,1H3,(H2,22,27)(H,23,28). The summed E-state index contributed by atoms with van der Waals surface area (Å²) in [5.74, 6) is -0.313. The first-order chi connectivity index (χ1) is 13.4. The summed E-state index contributed by atoms with van der Waals surface area (Å²) in [5, 5.41) is 3.09. The van der Waals surface area contributed by atoms with E-state index in [1.54, 1.807) is 11.8 Å². The second-order valence-electron chi connectivity index (χ2n) is 7.90. The van der Waals surface area contributed by atoms with E-state index in [0.717, 1.165) is 30.6 Å². The number of carbonyl (C=O) groups is 3. The molecule has 1 atom stereocenters. The molecule has 0 aromatic heterocycles. The molecule has 3 N–H and O–H groups in total. The molecule has 1 unspecified atom stereocenters. The summed E-state index contributed by atoms with van der Waals surface area (Å²) < 4.78 is 0. The van der Waals surface area contributed by atoms with Gasteiger partial charge in [0.05, 0.1) is 5.92 Å². The van der Waals surface area contributed by atoms with Crippen molar-refractivity contribution in [2.45, 2.75) is 39.2 Å². The maximum absolute atomic E-state index is 12.7. The van der Waals surface area contributed by atoms with Crippen molar-refractivity contribution >= 4 is 23.4 Å².